The molecule has 0 bridgehead atoms. The van der Waals surface area contributed by atoms with Gasteiger partial charge in [-0.3, -0.25) is 19.7 Å². The molecule has 0 radical (unpaired) electrons. The van der Waals surface area contributed by atoms with Crippen molar-refractivity contribution >= 4 is 17.5 Å². The third-order valence-corrected chi connectivity index (χ3v) is 4.48. The predicted molar refractivity (Wildman–Crippen MR) is 109 cm³/mol. The van der Waals surface area contributed by atoms with E-state index in [1.165, 1.54) is 31.4 Å². The highest BCUT2D eigenvalue weighted by Crippen LogP contribution is 2.23. The quantitative estimate of drug-likeness (QED) is 0.336. The Morgan fingerprint density at radius 1 is 1.12 bits per heavy atom. The molecule has 0 saturated carbocycles. The van der Waals surface area contributed by atoms with Gasteiger partial charge in [0.1, 0.15) is 12.3 Å². The zero-order valence-electron chi connectivity index (χ0n) is 17.2. The second-order valence-electron chi connectivity index (χ2n) is 6.84. The first kappa shape index (κ1) is 24.6. The van der Waals surface area contributed by atoms with Gasteiger partial charge < -0.3 is 15.0 Å². The number of amides is 2. The third kappa shape index (κ3) is 7.56. The standard InChI is InChI=1S/C21H22F3N3O5/c1-32-17-10-8-15(9-11-17)20(29)25-12-4-7-19(28)26(14-21(22,23)24)13-16-5-2-3-6-18(16)27(30)31/h2-3,5-6,8-11H,4,7,12-14H2,1H3,(H,25,29). The number of halogens is 3. The van der Waals surface area contributed by atoms with E-state index in [1.807, 2.05) is 0 Å². The van der Waals surface area contributed by atoms with Crippen molar-refractivity contribution in [1.29, 1.82) is 0 Å². The molecule has 172 valence electrons. The van der Waals surface area contributed by atoms with Gasteiger partial charge in [0.15, 0.2) is 0 Å². The van der Waals surface area contributed by atoms with Crippen LogP contribution in [0.1, 0.15) is 28.8 Å². The number of para-hydroxylation sites is 1. The second-order valence-corrected chi connectivity index (χ2v) is 6.84. The third-order valence-electron chi connectivity index (χ3n) is 4.48. The lowest BCUT2D eigenvalue weighted by Crippen LogP contribution is -2.39. The normalized spacial score (nSPS) is 11.0. The number of benzene rings is 2. The molecule has 2 aromatic rings. The van der Waals surface area contributed by atoms with Gasteiger partial charge in [0.2, 0.25) is 5.91 Å². The van der Waals surface area contributed by atoms with Crippen LogP contribution in [0.3, 0.4) is 0 Å². The molecular weight excluding hydrogens is 431 g/mol. The highest BCUT2D eigenvalue weighted by atomic mass is 19.4. The van der Waals surface area contributed by atoms with Crippen molar-refractivity contribution in [2.24, 2.45) is 0 Å². The summed E-state index contributed by atoms with van der Waals surface area (Å²) in [4.78, 5) is 35.5. The number of nitrogens with zero attached hydrogens (tertiary/aromatic N) is 2. The first-order valence-corrected chi connectivity index (χ1v) is 9.60. The van der Waals surface area contributed by atoms with Gasteiger partial charge in [-0.25, -0.2) is 0 Å². The monoisotopic (exact) mass is 453 g/mol. The highest BCUT2D eigenvalue weighted by Gasteiger charge is 2.33. The Balaban J connectivity index is 1.95. The lowest BCUT2D eigenvalue weighted by molar-refractivity contribution is -0.385. The van der Waals surface area contributed by atoms with Crippen molar-refractivity contribution in [1.82, 2.24) is 10.2 Å². The Bertz CT molecular complexity index is 948. The van der Waals surface area contributed by atoms with Crippen molar-refractivity contribution in [3.05, 3.63) is 69.8 Å². The van der Waals surface area contributed by atoms with E-state index in [0.717, 1.165) is 0 Å². The van der Waals surface area contributed by atoms with Gasteiger partial charge in [-0.15, -0.1) is 0 Å². The molecule has 0 fully saturated rings. The van der Waals surface area contributed by atoms with E-state index in [-0.39, 0.29) is 30.6 Å². The molecule has 0 spiro atoms. The number of ether oxygens (including phenoxy) is 1. The largest absolute Gasteiger partial charge is 0.497 e. The second kappa shape index (κ2) is 11.1. The molecule has 0 atom stereocenters. The SMILES string of the molecule is COc1ccc(C(=O)NCCCC(=O)N(Cc2ccccc2[N+](=O)[O-])CC(F)(F)F)cc1. The zero-order valence-corrected chi connectivity index (χ0v) is 17.2. The predicted octanol–water partition coefficient (Wildman–Crippen LogP) is 3.70. The number of alkyl halides is 3. The molecule has 11 heteroatoms. The molecule has 0 aliphatic heterocycles. The molecule has 1 N–H and O–H groups in total. The number of methoxy groups -OCH3 is 1. The number of carbonyl (C=O) groups is 2. The molecule has 0 aliphatic rings. The van der Waals surface area contributed by atoms with E-state index in [2.05, 4.69) is 5.32 Å². The van der Waals surface area contributed by atoms with Gasteiger partial charge in [-0.05, 0) is 30.7 Å². The number of nitro groups is 1. The molecule has 2 amide bonds. The summed E-state index contributed by atoms with van der Waals surface area (Å²) in [5.74, 6) is -0.637. The molecule has 0 heterocycles. The van der Waals surface area contributed by atoms with Crippen LogP contribution in [0, 0.1) is 10.1 Å². The van der Waals surface area contributed by atoms with Gasteiger partial charge in [0.25, 0.3) is 11.6 Å². The molecule has 8 nitrogen and oxygen atoms in total. The van der Waals surface area contributed by atoms with Crippen LogP contribution in [-0.4, -0.2) is 48.0 Å². The number of nitrogens with one attached hydrogen (secondary N) is 1. The summed E-state index contributed by atoms with van der Waals surface area (Å²) in [5, 5.41) is 13.7. The summed E-state index contributed by atoms with van der Waals surface area (Å²) in [6, 6.07) is 11.6. The van der Waals surface area contributed by atoms with Crippen LogP contribution in [0.2, 0.25) is 0 Å². The lowest BCUT2D eigenvalue weighted by atomic mass is 10.1. The van der Waals surface area contributed by atoms with Crippen molar-refractivity contribution in [2.45, 2.75) is 25.6 Å². The Morgan fingerprint density at radius 3 is 2.38 bits per heavy atom. The maximum atomic E-state index is 13.0. The zero-order chi connectivity index (χ0) is 23.7. The minimum absolute atomic E-state index is 0.00269. The molecule has 0 saturated heterocycles. The van der Waals surface area contributed by atoms with Gasteiger partial charge in [0.05, 0.1) is 18.6 Å². The van der Waals surface area contributed by atoms with E-state index in [9.17, 15) is 32.9 Å². The summed E-state index contributed by atoms with van der Waals surface area (Å²) in [6.07, 6.45) is -4.83. The van der Waals surface area contributed by atoms with Crippen LogP contribution in [-0.2, 0) is 11.3 Å². The van der Waals surface area contributed by atoms with E-state index >= 15 is 0 Å². The Kier molecular flexibility index (Phi) is 8.56. The highest BCUT2D eigenvalue weighted by molar-refractivity contribution is 5.94. The minimum Gasteiger partial charge on any atom is -0.497 e. The lowest BCUT2D eigenvalue weighted by Gasteiger charge is -2.24. The summed E-state index contributed by atoms with van der Waals surface area (Å²) < 4.78 is 43.9. The number of nitro benzene ring substituents is 1. The Hall–Kier alpha value is -3.63. The van der Waals surface area contributed by atoms with E-state index in [1.54, 1.807) is 24.3 Å². The fourth-order valence-corrected chi connectivity index (χ4v) is 2.92. The fourth-order valence-electron chi connectivity index (χ4n) is 2.92. The van der Waals surface area contributed by atoms with Crippen molar-refractivity contribution in [2.75, 3.05) is 20.2 Å². The average molecular weight is 453 g/mol. The summed E-state index contributed by atoms with van der Waals surface area (Å²) in [7, 11) is 1.49. The summed E-state index contributed by atoms with van der Waals surface area (Å²) in [5.41, 5.74) is 0.00866. The van der Waals surface area contributed by atoms with Gasteiger partial charge in [-0.1, -0.05) is 18.2 Å². The topological polar surface area (TPSA) is 102 Å². The van der Waals surface area contributed by atoms with Crippen molar-refractivity contribution in [3.8, 4) is 5.75 Å². The van der Waals surface area contributed by atoms with Crippen molar-refractivity contribution < 1.29 is 32.4 Å². The van der Waals surface area contributed by atoms with Crippen LogP contribution in [0.4, 0.5) is 18.9 Å². The molecular formula is C21H22F3N3O5. The average Bonchev–Trinajstić information content (AvgIpc) is 2.75. The van der Waals surface area contributed by atoms with E-state index < -0.39 is 36.0 Å². The molecule has 0 unspecified atom stereocenters. The number of carbonyl (C=O) groups excluding carboxylic acids is 2. The van der Waals surface area contributed by atoms with Crippen LogP contribution in [0.5, 0.6) is 5.75 Å². The Labute approximate surface area is 182 Å². The maximum Gasteiger partial charge on any atom is 0.406 e. The number of hydrogen-bond donors (Lipinski definition) is 1. The van der Waals surface area contributed by atoms with Crippen LogP contribution in [0.15, 0.2) is 48.5 Å². The van der Waals surface area contributed by atoms with Gasteiger partial charge in [0, 0.05) is 30.2 Å². The van der Waals surface area contributed by atoms with E-state index in [0.29, 0.717) is 16.2 Å². The molecule has 32 heavy (non-hydrogen) atoms. The van der Waals surface area contributed by atoms with Crippen molar-refractivity contribution in [3.63, 3.8) is 0 Å². The first-order valence-electron chi connectivity index (χ1n) is 9.60. The van der Waals surface area contributed by atoms with E-state index in [4.69, 9.17) is 4.74 Å². The molecule has 2 rings (SSSR count). The smallest absolute Gasteiger partial charge is 0.406 e. The molecule has 0 aliphatic carbocycles. The number of hydrogen-bond acceptors (Lipinski definition) is 5. The van der Waals surface area contributed by atoms with Gasteiger partial charge in [-0.2, -0.15) is 13.2 Å². The van der Waals surface area contributed by atoms with Gasteiger partial charge >= 0.3 is 6.18 Å². The first-order chi connectivity index (χ1) is 15.1. The molecule has 2 aromatic carbocycles. The Morgan fingerprint density at radius 2 is 1.78 bits per heavy atom. The van der Waals surface area contributed by atoms with Crippen LogP contribution >= 0.6 is 0 Å². The van der Waals surface area contributed by atoms with Crippen LogP contribution in [0.25, 0.3) is 0 Å². The number of rotatable bonds is 10. The minimum atomic E-state index is -4.66. The fraction of sp³-hybridized carbons (Fsp3) is 0.333. The summed E-state index contributed by atoms with van der Waals surface area (Å²) >= 11 is 0. The maximum absolute atomic E-state index is 13.0. The summed E-state index contributed by atoms with van der Waals surface area (Å²) in [6.45, 7) is -2.01. The van der Waals surface area contributed by atoms with Crippen LogP contribution < -0.4 is 10.1 Å². The molecule has 0 aromatic heterocycles.